The van der Waals surface area contributed by atoms with Gasteiger partial charge in [-0.2, -0.15) is 9.97 Å². The highest BCUT2D eigenvalue weighted by Gasteiger charge is 2.21. The van der Waals surface area contributed by atoms with Crippen LogP contribution in [-0.2, 0) is 17.6 Å². The molecule has 0 radical (unpaired) electrons. The fourth-order valence-electron chi connectivity index (χ4n) is 2.70. The predicted molar refractivity (Wildman–Crippen MR) is 87.2 cm³/mol. The van der Waals surface area contributed by atoms with Gasteiger partial charge in [0.15, 0.2) is 0 Å². The summed E-state index contributed by atoms with van der Waals surface area (Å²) in [7, 11) is 0. The van der Waals surface area contributed by atoms with Gasteiger partial charge in [-0.3, -0.25) is 0 Å². The third-order valence-electron chi connectivity index (χ3n) is 3.81. The highest BCUT2D eigenvalue weighted by molar-refractivity contribution is 5.61. The van der Waals surface area contributed by atoms with E-state index < -0.39 is 0 Å². The third-order valence-corrected chi connectivity index (χ3v) is 3.81. The summed E-state index contributed by atoms with van der Waals surface area (Å²) in [4.78, 5) is 10.6. The highest BCUT2D eigenvalue weighted by Crippen LogP contribution is 2.27. The van der Waals surface area contributed by atoms with Gasteiger partial charge in [-0.15, -0.1) is 0 Å². The largest absolute Gasteiger partial charge is 0.383 e. The molecule has 0 spiro atoms. The molecular weight excluding hydrogens is 296 g/mol. The summed E-state index contributed by atoms with van der Waals surface area (Å²) in [5, 5.41) is 4.08. The van der Waals surface area contributed by atoms with E-state index in [4.69, 9.17) is 20.7 Å². The van der Waals surface area contributed by atoms with Gasteiger partial charge in [0.05, 0.1) is 18.9 Å². The third kappa shape index (κ3) is 3.53. The van der Waals surface area contributed by atoms with Gasteiger partial charge in [-0.1, -0.05) is 18.5 Å². The van der Waals surface area contributed by atoms with E-state index in [1.54, 1.807) is 0 Å². The molecule has 124 valence electrons. The predicted octanol–water partition coefficient (Wildman–Crippen LogP) is 1.01. The molecule has 0 amide bonds. The van der Waals surface area contributed by atoms with E-state index >= 15 is 0 Å². The summed E-state index contributed by atoms with van der Waals surface area (Å²) in [5.41, 5.74) is 13.6. The minimum absolute atomic E-state index is 0.178. The quantitative estimate of drug-likeness (QED) is 0.839. The lowest BCUT2D eigenvalue weighted by molar-refractivity contribution is 0.122. The Morgan fingerprint density at radius 3 is 2.74 bits per heavy atom. The first-order valence-corrected chi connectivity index (χ1v) is 7.86. The smallest absolute Gasteiger partial charge is 0.223 e. The average Bonchev–Trinajstić information content (AvgIpc) is 2.98. The number of nitrogens with zero attached hydrogens (tertiary/aromatic N) is 4. The monoisotopic (exact) mass is 318 g/mol. The van der Waals surface area contributed by atoms with Gasteiger partial charge in [0.25, 0.3) is 0 Å². The average molecular weight is 318 g/mol. The number of nitrogens with two attached hydrogens (primary N) is 2. The van der Waals surface area contributed by atoms with Crippen molar-refractivity contribution in [2.75, 3.05) is 42.7 Å². The van der Waals surface area contributed by atoms with E-state index in [1.807, 2.05) is 6.07 Å². The first kappa shape index (κ1) is 15.5. The maximum Gasteiger partial charge on any atom is 0.223 e. The molecule has 8 nitrogen and oxygen atoms in total. The molecule has 2 aromatic heterocycles. The molecule has 4 N–H and O–H groups in total. The van der Waals surface area contributed by atoms with Crippen LogP contribution in [0.5, 0.6) is 0 Å². The van der Waals surface area contributed by atoms with Crippen molar-refractivity contribution >= 4 is 17.6 Å². The lowest BCUT2D eigenvalue weighted by atomic mass is 10.1. The van der Waals surface area contributed by atoms with Gasteiger partial charge in [0.1, 0.15) is 17.4 Å². The molecule has 0 unspecified atom stereocenters. The zero-order valence-electron chi connectivity index (χ0n) is 13.3. The lowest BCUT2D eigenvalue weighted by Crippen LogP contribution is -2.37. The van der Waals surface area contributed by atoms with E-state index in [1.165, 1.54) is 0 Å². The Labute approximate surface area is 134 Å². The lowest BCUT2D eigenvalue weighted by Gasteiger charge is -2.29. The Bertz CT molecular complexity index is 666. The van der Waals surface area contributed by atoms with Crippen LogP contribution in [0.15, 0.2) is 10.6 Å². The van der Waals surface area contributed by atoms with Gasteiger partial charge < -0.3 is 25.6 Å². The number of morpholine rings is 1. The Hall–Kier alpha value is -2.35. The molecule has 23 heavy (non-hydrogen) atoms. The molecular formula is C15H22N6O2. The molecule has 8 heteroatoms. The summed E-state index contributed by atoms with van der Waals surface area (Å²) in [6, 6.07) is 1.96. The van der Waals surface area contributed by atoms with Crippen molar-refractivity contribution in [1.29, 1.82) is 0 Å². The zero-order valence-corrected chi connectivity index (χ0v) is 13.3. The second-order valence-corrected chi connectivity index (χ2v) is 5.58. The number of aryl methyl sites for hydroxylation is 1. The van der Waals surface area contributed by atoms with E-state index in [9.17, 15) is 0 Å². The number of nitrogen functional groups attached to an aromatic ring is 2. The molecule has 0 saturated carbocycles. The van der Waals surface area contributed by atoms with Crippen LogP contribution in [0.25, 0.3) is 0 Å². The minimum Gasteiger partial charge on any atom is -0.383 e. The SMILES string of the molecule is CCCc1cc(Cc2c(N)nc(N)nc2N2CCOCC2)on1. The van der Waals surface area contributed by atoms with Crippen LogP contribution >= 0.6 is 0 Å². The van der Waals surface area contributed by atoms with Gasteiger partial charge in [-0.25, -0.2) is 0 Å². The molecule has 0 atom stereocenters. The number of rotatable bonds is 5. The molecule has 1 aliphatic rings. The van der Waals surface area contributed by atoms with Crippen molar-refractivity contribution < 1.29 is 9.26 Å². The van der Waals surface area contributed by atoms with Crippen molar-refractivity contribution in [1.82, 2.24) is 15.1 Å². The van der Waals surface area contributed by atoms with E-state index in [-0.39, 0.29) is 5.95 Å². The van der Waals surface area contributed by atoms with Crippen molar-refractivity contribution in [3.05, 3.63) is 23.1 Å². The van der Waals surface area contributed by atoms with Crippen LogP contribution in [0.2, 0.25) is 0 Å². The number of ether oxygens (including phenoxy) is 1. The topological polar surface area (TPSA) is 116 Å². The maximum absolute atomic E-state index is 6.09. The second kappa shape index (κ2) is 6.82. The number of hydrogen-bond acceptors (Lipinski definition) is 8. The standard InChI is InChI=1S/C15H22N6O2/c1-2-3-10-8-11(23-20-10)9-12-13(16)18-15(17)19-14(12)21-4-6-22-7-5-21/h8H,2-7,9H2,1H3,(H4,16,17,18,19). The van der Waals surface area contributed by atoms with Crippen molar-refractivity contribution in [2.45, 2.75) is 26.2 Å². The molecule has 0 aromatic carbocycles. The molecule has 1 aliphatic heterocycles. The summed E-state index contributed by atoms with van der Waals surface area (Å²) in [5.74, 6) is 2.07. The normalized spacial score (nSPS) is 15.1. The second-order valence-electron chi connectivity index (χ2n) is 5.58. The van der Waals surface area contributed by atoms with E-state index in [2.05, 4.69) is 26.9 Å². The molecule has 2 aromatic rings. The van der Waals surface area contributed by atoms with Crippen molar-refractivity contribution in [3.8, 4) is 0 Å². The van der Waals surface area contributed by atoms with Crippen LogP contribution in [0, 0.1) is 0 Å². The van der Waals surface area contributed by atoms with Crippen LogP contribution in [0.4, 0.5) is 17.6 Å². The zero-order chi connectivity index (χ0) is 16.2. The fraction of sp³-hybridized carbons (Fsp3) is 0.533. The van der Waals surface area contributed by atoms with Crippen molar-refractivity contribution in [3.63, 3.8) is 0 Å². The van der Waals surface area contributed by atoms with Gasteiger partial charge in [-0.05, 0) is 6.42 Å². The van der Waals surface area contributed by atoms with E-state index in [0.717, 1.165) is 48.8 Å². The molecule has 0 bridgehead atoms. The first-order chi connectivity index (χ1) is 11.2. The molecule has 0 aliphatic carbocycles. The van der Waals surface area contributed by atoms with Crippen LogP contribution in [0.3, 0.4) is 0 Å². The highest BCUT2D eigenvalue weighted by atomic mass is 16.5. The Morgan fingerprint density at radius 2 is 2.00 bits per heavy atom. The van der Waals surface area contributed by atoms with Gasteiger partial charge in [0.2, 0.25) is 5.95 Å². The Kier molecular flexibility index (Phi) is 4.61. The van der Waals surface area contributed by atoms with Gasteiger partial charge >= 0.3 is 0 Å². The van der Waals surface area contributed by atoms with Crippen LogP contribution in [-0.4, -0.2) is 41.4 Å². The number of aromatic nitrogens is 3. The fourth-order valence-corrected chi connectivity index (χ4v) is 2.70. The van der Waals surface area contributed by atoms with Crippen molar-refractivity contribution in [2.24, 2.45) is 0 Å². The molecule has 3 heterocycles. The van der Waals surface area contributed by atoms with Gasteiger partial charge in [0, 0.05) is 31.1 Å². The van der Waals surface area contributed by atoms with E-state index in [0.29, 0.717) is 25.5 Å². The summed E-state index contributed by atoms with van der Waals surface area (Å²) in [6.45, 7) is 4.93. The molecule has 1 saturated heterocycles. The summed E-state index contributed by atoms with van der Waals surface area (Å²) < 4.78 is 10.8. The Morgan fingerprint density at radius 1 is 1.22 bits per heavy atom. The Balaban J connectivity index is 1.89. The van der Waals surface area contributed by atoms with Crippen LogP contribution in [0.1, 0.15) is 30.4 Å². The maximum atomic E-state index is 6.09. The van der Waals surface area contributed by atoms with Crippen LogP contribution < -0.4 is 16.4 Å². The minimum atomic E-state index is 0.178. The molecule has 1 fully saturated rings. The molecule has 3 rings (SSSR count). The number of hydrogen-bond donors (Lipinski definition) is 2. The first-order valence-electron chi connectivity index (χ1n) is 7.86. The number of anilines is 3. The summed E-state index contributed by atoms with van der Waals surface area (Å²) in [6.07, 6.45) is 2.42. The summed E-state index contributed by atoms with van der Waals surface area (Å²) >= 11 is 0.